The van der Waals surface area contributed by atoms with E-state index < -0.39 is 36.2 Å². The van der Waals surface area contributed by atoms with Gasteiger partial charge in [-0.3, -0.25) is 10.1 Å². The highest BCUT2D eigenvalue weighted by Crippen LogP contribution is 2.26. The molecule has 0 N–H and O–H groups in total. The molecule has 0 bridgehead atoms. The summed E-state index contributed by atoms with van der Waals surface area (Å²) in [6.45, 7) is 0. The minimum absolute atomic E-state index is 0.522. The molecule has 0 aliphatic carbocycles. The zero-order chi connectivity index (χ0) is 11.8. The van der Waals surface area contributed by atoms with Gasteiger partial charge in [-0.25, -0.2) is 12.8 Å². The van der Waals surface area contributed by atoms with Gasteiger partial charge in [0.2, 0.25) is 5.82 Å². The van der Waals surface area contributed by atoms with E-state index in [2.05, 4.69) is 0 Å². The average molecular weight is 258 g/mol. The lowest BCUT2D eigenvalue weighted by Crippen LogP contribution is -2.02. The van der Waals surface area contributed by atoms with E-state index in [-0.39, 0.29) is 0 Å². The molecular formula is C6H2ClF2NO4S. The van der Waals surface area contributed by atoms with Crippen LogP contribution in [0.2, 0.25) is 0 Å². The Labute approximate surface area is 86.8 Å². The normalized spacial score (nSPS) is 11.4. The van der Waals surface area contributed by atoms with Gasteiger partial charge in [0, 0.05) is 16.7 Å². The second-order valence-electron chi connectivity index (χ2n) is 2.41. The summed E-state index contributed by atoms with van der Waals surface area (Å²) in [6, 6.07) is 1.05. The average Bonchev–Trinajstić information content (AvgIpc) is 2.06. The lowest BCUT2D eigenvalue weighted by atomic mass is 10.3. The summed E-state index contributed by atoms with van der Waals surface area (Å²) in [5.41, 5.74) is -1.16. The Hall–Kier alpha value is -1.28. The van der Waals surface area contributed by atoms with Gasteiger partial charge in [-0.1, -0.05) is 0 Å². The maximum absolute atomic E-state index is 13.0. The summed E-state index contributed by atoms with van der Waals surface area (Å²) in [5.74, 6) is -3.72. The van der Waals surface area contributed by atoms with E-state index in [1.807, 2.05) is 0 Å². The lowest BCUT2D eigenvalue weighted by molar-refractivity contribution is -0.387. The Balaban J connectivity index is 3.55. The van der Waals surface area contributed by atoms with E-state index in [4.69, 9.17) is 10.7 Å². The minimum atomic E-state index is -4.46. The van der Waals surface area contributed by atoms with E-state index in [0.717, 1.165) is 0 Å². The van der Waals surface area contributed by atoms with Crippen LogP contribution >= 0.6 is 10.7 Å². The maximum Gasteiger partial charge on any atom is 0.307 e. The Morgan fingerprint density at radius 2 is 1.80 bits per heavy atom. The van der Waals surface area contributed by atoms with Crippen molar-refractivity contribution in [3.8, 4) is 0 Å². The van der Waals surface area contributed by atoms with Crippen molar-refractivity contribution in [3.63, 3.8) is 0 Å². The van der Waals surface area contributed by atoms with Gasteiger partial charge < -0.3 is 0 Å². The molecule has 0 atom stereocenters. The van der Waals surface area contributed by atoms with Crippen molar-refractivity contribution in [1.82, 2.24) is 0 Å². The Bertz CT molecular complexity index is 530. The highest BCUT2D eigenvalue weighted by molar-refractivity contribution is 8.13. The van der Waals surface area contributed by atoms with Crippen molar-refractivity contribution in [2.45, 2.75) is 4.90 Å². The SMILES string of the molecule is O=[N+]([O-])c1ccc(S(=O)(=O)Cl)c(F)c1F. The molecule has 0 aliphatic rings. The summed E-state index contributed by atoms with van der Waals surface area (Å²) in [4.78, 5) is 7.84. The van der Waals surface area contributed by atoms with Crippen LogP contribution in [0.15, 0.2) is 17.0 Å². The first-order valence-corrected chi connectivity index (χ1v) is 5.63. The van der Waals surface area contributed by atoms with Gasteiger partial charge in [0.25, 0.3) is 9.05 Å². The third-order valence-electron chi connectivity index (χ3n) is 1.49. The number of benzene rings is 1. The van der Waals surface area contributed by atoms with Crippen molar-refractivity contribution in [2.24, 2.45) is 0 Å². The fraction of sp³-hybridized carbons (Fsp3) is 0. The summed E-state index contributed by atoms with van der Waals surface area (Å²) in [5, 5.41) is 10.2. The molecule has 1 aromatic rings. The van der Waals surface area contributed by atoms with E-state index in [1.165, 1.54) is 0 Å². The van der Waals surface area contributed by atoms with Crippen LogP contribution in [0.5, 0.6) is 0 Å². The zero-order valence-electron chi connectivity index (χ0n) is 6.78. The van der Waals surface area contributed by atoms with Crippen molar-refractivity contribution in [2.75, 3.05) is 0 Å². The monoisotopic (exact) mass is 257 g/mol. The van der Waals surface area contributed by atoms with Crippen LogP contribution in [0.1, 0.15) is 0 Å². The Morgan fingerprint density at radius 3 is 2.20 bits per heavy atom. The quantitative estimate of drug-likeness (QED) is 0.460. The third kappa shape index (κ3) is 2.21. The lowest BCUT2D eigenvalue weighted by Gasteiger charge is -1.99. The molecular weight excluding hydrogens is 256 g/mol. The molecule has 9 heteroatoms. The summed E-state index contributed by atoms with van der Waals surface area (Å²) >= 11 is 0. The predicted octanol–water partition coefficient (Wildman–Crippen LogP) is 1.80. The summed E-state index contributed by atoms with van der Waals surface area (Å²) in [7, 11) is 0.300. The van der Waals surface area contributed by atoms with Crippen molar-refractivity contribution in [3.05, 3.63) is 33.9 Å². The first-order chi connectivity index (χ1) is 6.75. The number of hydrogen-bond donors (Lipinski definition) is 0. The summed E-state index contributed by atoms with van der Waals surface area (Å²) < 4.78 is 47.2. The van der Waals surface area contributed by atoms with Gasteiger partial charge in [-0.2, -0.15) is 4.39 Å². The van der Waals surface area contributed by atoms with E-state index in [0.29, 0.717) is 12.1 Å². The van der Waals surface area contributed by atoms with E-state index in [1.54, 1.807) is 0 Å². The first kappa shape index (κ1) is 11.8. The highest BCUT2D eigenvalue weighted by Gasteiger charge is 2.26. The maximum atomic E-state index is 13.0. The summed E-state index contributed by atoms with van der Waals surface area (Å²) in [6.07, 6.45) is 0. The van der Waals surface area contributed by atoms with Crippen LogP contribution in [0.4, 0.5) is 14.5 Å². The van der Waals surface area contributed by atoms with Crippen molar-refractivity contribution in [1.29, 1.82) is 0 Å². The van der Waals surface area contributed by atoms with Gasteiger partial charge in [0.15, 0.2) is 5.82 Å². The predicted molar refractivity (Wildman–Crippen MR) is 46.1 cm³/mol. The fourth-order valence-electron chi connectivity index (χ4n) is 0.851. The van der Waals surface area contributed by atoms with Gasteiger partial charge in [0.1, 0.15) is 4.90 Å². The molecule has 0 heterocycles. The van der Waals surface area contributed by atoms with Gasteiger partial charge in [0.05, 0.1) is 4.92 Å². The molecule has 82 valence electrons. The zero-order valence-corrected chi connectivity index (χ0v) is 8.35. The molecule has 0 fully saturated rings. The molecule has 0 saturated heterocycles. The fourth-order valence-corrected chi connectivity index (χ4v) is 1.74. The Kier molecular flexibility index (Phi) is 2.91. The molecule has 0 aromatic heterocycles. The van der Waals surface area contributed by atoms with Gasteiger partial charge >= 0.3 is 5.69 Å². The number of nitrogens with zero attached hydrogens (tertiary/aromatic N) is 1. The largest absolute Gasteiger partial charge is 0.307 e. The van der Waals surface area contributed by atoms with Gasteiger partial charge in [-0.05, 0) is 6.07 Å². The van der Waals surface area contributed by atoms with Crippen LogP contribution in [0.3, 0.4) is 0 Å². The Morgan fingerprint density at radius 1 is 1.27 bits per heavy atom. The highest BCUT2D eigenvalue weighted by atomic mass is 35.7. The van der Waals surface area contributed by atoms with Crippen LogP contribution in [-0.4, -0.2) is 13.3 Å². The first-order valence-electron chi connectivity index (χ1n) is 3.32. The number of rotatable bonds is 2. The van der Waals surface area contributed by atoms with Crippen molar-refractivity contribution < 1.29 is 22.1 Å². The molecule has 0 aliphatic heterocycles. The standard InChI is InChI=1S/C6H2ClF2NO4S/c7-15(13,14)4-2-1-3(10(11)12)5(8)6(4)9/h1-2H. The molecule has 1 aromatic carbocycles. The second kappa shape index (κ2) is 3.70. The number of nitro groups is 1. The molecule has 5 nitrogen and oxygen atoms in total. The van der Waals surface area contributed by atoms with E-state index >= 15 is 0 Å². The molecule has 0 unspecified atom stereocenters. The molecule has 0 saturated carbocycles. The van der Waals surface area contributed by atoms with Crippen LogP contribution < -0.4 is 0 Å². The molecule has 0 spiro atoms. The van der Waals surface area contributed by atoms with Crippen LogP contribution in [-0.2, 0) is 9.05 Å². The molecule has 1 rings (SSSR count). The topological polar surface area (TPSA) is 77.3 Å². The third-order valence-corrected chi connectivity index (χ3v) is 2.83. The second-order valence-corrected chi connectivity index (χ2v) is 4.94. The number of halogens is 3. The van der Waals surface area contributed by atoms with Crippen molar-refractivity contribution >= 4 is 25.4 Å². The minimum Gasteiger partial charge on any atom is -0.258 e. The number of nitro benzene ring substituents is 1. The van der Waals surface area contributed by atoms with Gasteiger partial charge in [-0.15, -0.1) is 0 Å². The van der Waals surface area contributed by atoms with E-state index in [9.17, 15) is 27.3 Å². The molecule has 15 heavy (non-hydrogen) atoms. The van der Waals surface area contributed by atoms with Crippen LogP contribution in [0, 0.1) is 21.7 Å². The smallest absolute Gasteiger partial charge is 0.258 e. The molecule has 0 radical (unpaired) electrons. The number of hydrogen-bond acceptors (Lipinski definition) is 4. The molecule has 0 amide bonds. The van der Waals surface area contributed by atoms with Crippen LogP contribution in [0.25, 0.3) is 0 Å².